The Balaban J connectivity index is 1.52. The Bertz CT molecular complexity index is 2200. The van der Waals surface area contributed by atoms with E-state index in [1.807, 2.05) is 61.5 Å². The van der Waals surface area contributed by atoms with Crippen LogP contribution in [-0.4, -0.2) is 23.8 Å². The van der Waals surface area contributed by atoms with Crippen LogP contribution in [0.5, 0.6) is 11.5 Å². The molecular weight excluding hydrogens is 691 g/mol. The van der Waals surface area contributed by atoms with Gasteiger partial charge in [-0.25, -0.2) is 9.79 Å². The molecule has 48 heavy (non-hydrogen) atoms. The van der Waals surface area contributed by atoms with E-state index in [4.69, 9.17) is 54.0 Å². The van der Waals surface area contributed by atoms with Crippen LogP contribution < -0.4 is 24.4 Å². The van der Waals surface area contributed by atoms with Gasteiger partial charge in [-0.2, -0.15) is 0 Å². The number of ether oxygens (including phenoxy) is 3. The van der Waals surface area contributed by atoms with Gasteiger partial charge in [-0.1, -0.05) is 94.7 Å². The van der Waals surface area contributed by atoms with Gasteiger partial charge >= 0.3 is 5.97 Å². The second-order valence-electron chi connectivity index (χ2n) is 10.6. The number of esters is 1. The lowest BCUT2D eigenvalue weighted by Crippen LogP contribution is -2.40. The van der Waals surface area contributed by atoms with E-state index < -0.39 is 12.0 Å². The average molecular weight is 720 g/mol. The van der Waals surface area contributed by atoms with Crippen LogP contribution in [0.4, 0.5) is 0 Å². The first kappa shape index (κ1) is 33.6. The highest BCUT2D eigenvalue weighted by Gasteiger charge is 2.35. The van der Waals surface area contributed by atoms with Crippen LogP contribution in [0.15, 0.2) is 106 Å². The highest BCUT2D eigenvalue weighted by Crippen LogP contribution is 2.36. The molecule has 0 fully saturated rings. The Morgan fingerprint density at radius 3 is 2.33 bits per heavy atom. The molecule has 1 atom stereocenters. The summed E-state index contributed by atoms with van der Waals surface area (Å²) in [6.45, 7) is 4.48. The summed E-state index contributed by atoms with van der Waals surface area (Å²) in [7, 11) is 0. The zero-order valence-corrected chi connectivity index (χ0v) is 29.0. The fourth-order valence-electron chi connectivity index (χ4n) is 5.37. The van der Waals surface area contributed by atoms with Crippen molar-refractivity contribution in [2.24, 2.45) is 4.99 Å². The molecule has 244 valence electrons. The van der Waals surface area contributed by atoms with Gasteiger partial charge < -0.3 is 14.2 Å². The molecule has 0 saturated carbocycles. The summed E-state index contributed by atoms with van der Waals surface area (Å²) < 4.78 is 19.3. The number of aromatic nitrogens is 1. The number of halogens is 3. The maximum atomic E-state index is 14.4. The summed E-state index contributed by atoms with van der Waals surface area (Å²) in [5.74, 6) is 0.614. The smallest absolute Gasteiger partial charge is 0.338 e. The molecule has 6 rings (SSSR count). The van der Waals surface area contributed by atoms with E-state index in [0.717, 1.165) is 11.1 Å². The van der Waals surface area contributed by atoms with Crippen LogP contribution >= 0.6 is 46.1 Å². The number of hydrogen-bond acceptors (Lipinski definition) is 7. The molecule has 4 aromatic carbocycles. The lowest BCUT2D eigenvalue weighted by molar-refractivity contribution is -0.138. The third-order valence-electron chi connectivity index (χ3n) is 7.54. The Morgan fingerprint density at radius 1 is 0.896 bits per heavy atom. The highest BCUT2D eigenvalue weighted by molar-refractivity contribution is 7.07. The number of carbonyl (C=O) groups excluding carboxylic acids is 1. The van der Waals surface area contributed by atoms with Crippen molar-refractivity contribution in [2.75, 3.05) is 13.2 Å². The third-order valence-corrected chi connectivity index (χ3v) is 9.34. The van der Waals surface area contributed by atoms with Gasteiger partial charge in [-0.05, 0) is 68.0 Å². The van der Waals surface area contributed by atoms with Crippen molar-refractivity contribution in [3.05, 3.63) is 154 Å². The van der Waals surface area contributed by atoms with Crippen molar-refractivity contribution < 1.29 is 19.0 Å². The molecule has 5 aromatic rings. The molecule has 0 aliphatic carbocycles. The van der Waals surface area contributed by atoms with Crippen LogP contribution in [0.2, 0.25) is 15.1 Å². The Kier molecular flexibility index (Phi) is 10.4. The fraction of sp³-hybridized carbons (Fsp3) is 0.162. The van der Waals surface area contributed by atoms with Gasteiger partial charge in [0.2, 0.25) is 0 Å². The minimum Gasteiger partial charge on any atom is -0.494 e. The van der Waals surface area contributed by atoms with Gasteiger partial charge in [0.15, 0.2) is 4.80 Å². The normalized spacial score (nSPS) is 14.4. The van der Waals surface area contributed by atoms with Gasteiger partial charge in [0, 0.05) is 31.8 Å². The SMILES string of the molecule is CCOC(=O)C1=C(c2ccccc2)N=c2s/c(=C\c3cc(Cl)ccc3OCc3ccc(Cl)cc3Cl)c(=O)n2[C@H]1c1ccc(OCC)cc1. The van der Waals surface area contributed by atoms with E-state index in [1.165, 1.54) is 11.3 Å². The topological polar surface area (TPSA) is 79.1 Å². The number of benzene rings is 4. The quantitative estimate of drug-likeness (QED) is 0.137. The number of carbonyl (C=O) groups is 1. The third kappa shape index (κ3) is 7.08. The number of nitrogens with zero attached hydrogens (tertiary/aromatic N) is 2. The summed E-state index contributed by atoms with van der Waals surface area (Å²) in [4.78, 5) is 33.4. The predicted octanol–water partition coefficient (Wildman–Crippen LogP) is 7.87. The first-order chi connectivity index (χ1) is 23.3. The van der Waals surface area contributed by atoms with Crippen molar-refractivity contribution >= 4 is 63.9 Å². The number of fused-ring (bicyclic) bond motifs is 1. The molecule has 1 aliphatic rings. The molecule has 0 amide bonds. The van der Waals surface area contributed by atoms with Gasteiger partial charge in [0.25, 0.3) is 5.56 Å². The Morgan fingerprint density at radius 2 is 1.62 bits per heavy atom. The molecule has 0 radical (unpaired) electrons. The van der Waals surface area contributed by atoms with Crippen LogP contribution in [0.1, 0.15) is 42.1 Å². The van der Waals surface area contributed by atoms with Gasteiger partial charge in [-0.3, -0.25) is 9.36 Å². The molecule has 0 saturated heterocycles. The average Bonchev–Trinajstić information content (AvgIpc) is 3.39. The molecule has 0 bridgehead atoms. The molecule has 0 spiro atoms. The summed E-state index contributed by atoms with van der Waals surface area (Å²) in [6, 6.07) is 26.3. The van der Waals surface area contributed by atoms with Crippen molar-refractivity contribution in [1.82, 2.24) is 4.57 Å². The number of thiazole rings is 1. The van der Waals surface area contributed by atoms with Crippen LogP contribution in [0.3, 0.4) is 0 Å². The number of hydrogen-bond donors (Lipinski definition) is 0. The maximum absolute atomic E-state index is 14.4. The Labute approximate surface area is 295 Å². The van der Waals surface area contributed by atoms with Crippen molar-refractivity contribution in [3.8, 4) is 11.5 Å². The lowest BCUT2D eigenvalue weighted by Gasteiger charge is -2.26. The standard InChI is InChI=1S/C37H29Cl3N2O5S/c1-3-45-28-15-11-23(12-16-28)34-32(36(44)46-4-2)33(22-8-6-5-7-9-22)41-37-42(34)35(43)31(48-37)19-25-18-26(38)14-17-30(25)47-21-24-10-13-27(39)20-29(24)40/h5-20,34H,3-4,21H2,1-2H3/b31-19-/t34-/m0/s1. The minimum absolute atomic E-state index is 0.156. The zero-order chi connectivity index (χ0) is 33.8. The molecule has 0 unspecified atom stereocenters. The highest BCUT2D eigenvalue weighted by atomic mass is 35.5. The van der Waals surface area contributed by atoms with Crippen molar-refractivity contribution in [1.29, 1.82) is 0 Å². The van der Waals surface area contributed by atoms with E-state index in [0.29, 0.717) is 59.3 Å². The van der Waals surface area contributed by atoms with Crippen LogP contribution in [0.25, 0.3) is 11.8 Å². The lowest BCUT2D eigenvalue weighted by atomic mass is 9.93. The van der Waals surface area contributed by atoms with E-state index in [9.17, 15) is 9.59 Å². The largest absolute Gasteiger partial charge is 0.494 e. The molecular formula is C37H29Cl3N2O5S. The monoisotopic (exact) mass is 718 g/mol. The van der Waals surface area contributed by atoms with Gasteiger partial charge in [0.05, 0.1) is 35.1 Å². The predicted molar refractivity (Wildman–Crippen MR) is 191 cm³/mol. The zero-order valence-electron chi connectivity index (χ0n) is 25.9. The fourth-order valence-corrected chi connectivity index (χ4v) is 7.00. The van der Waals surface area contributed by atoms with E-state index >= 15 is 0 Å². The van der Waals surface area contributed by atoms with Gasteiger partial charge in [-0.15, -0.1) is 0 Å². The van der Waals surface area contributed by atoms with Crippen molar-refractivity contribution in [3.63, 3.8) is 0 Å². The van der Waals surface area contributed by atoms with E-state index in [-0.39, 0.29) is 24.3 Å². The molecule has 11 heteroatoms. The van der Waals surface area contributed by atoms with Crippen LogP contribution in [-0.2, 0) is 16.1 Å². The molecule has 0 N–H and O–H groups in total. The first-order valence-corrected chi connectivity index (χ1v) is 17.1. The molecule has 7 nitrogen and oxygen atoms in total. The summed E-state index contributed by atoms with van der Waals surface area (Å²) in [5.41, 5.74) is 3.12. The summed E-state index contributed by atoms with van der Waals surface area (Å²) >= 11 is 20.1. The number of rotatable bonds is 10. The summed E-state index contributed by atoms with van der Waals surface area (Å²) in [5, 5.41) is 1.47. The van der Waals surface area contributed by atoms with Crippen LogP contribution in [0, 0.1) is 0 Å². The Hall–Kier alpha value is -4.34. The molecule has 1 aromatic heterocycles. The van der Waals surface area contributed by atoms with Gasteiger partial charge in [0.1, 0.15) is 18.1 Å². The van der Waals surface area contributed by atoms with E-state index in [2.05, 4.69) is 0 Å². The minimum atomic E-state index is -0.824. The molecule has 2 heterocycles. The molecule has 1 aliphatic heterocycles. The van der Waals surface area contributed by atoms with Crippen molar-refractivity contribution in [2.45, 2.75) is 26.5 Å². The second kappa shape index (κ2) is 14.8. The maximum Gasteiger partial charge on any atom is 0.338 e. The first-order valence-electron chi connectivity index (χ1n) is 15.1. The summed E-state index contributed by atoms with van der Waals surface area (Å²) in [6.07, 6.45) is 1.72. The van der Waals surface area contributed by atoms with E-state index in [1.54, 1.807) is 54.0 Å². The second-order valence-corrected chi connectivity index (χ2v) is 12.9.